The van der Waals surface area contributed by atoms with Gasteiger partial charge in [0, 0.05) is 10.6 Å². The van der Waals surface area contributed by atoms with E-state index in [0.717, 1.165) is 5.56 Å². The summed E-state index contributed by atoms with van der Waals surface area (Å²) in [5.74, 6) is -0.319. The highest BCUT2D eigenvalue weighted by Crippen LogP contribution is 2.10. The summed E-state index contributed by atoms with van der Waals surface area (Å²) < 4.78 is 0. The van der Waals surface area contributed by atoms with E-state index in [9.17, 15) is 4.79 Å². The number of nitrogens with one attached hydrogen (secondary N) is 1. The third-order valence-electron chi connectivity index (χ3n) is 1.68. The normalized spacial score (nSPS) is 9.13. The smallest absolute Gasteiger partial charge is 0.239 e. The highest BCUT2D eigenvalue weighted by molar-refractivity contribution is 6.29. The summed E-state index contributed by atoms with van der Waals surface area (Å²) in [6.07, 6.45) is 0. The van der Waals surface area contributed by atoms with Crippen molar-refractivity contribution in [2.75, 3.05) is 11.2 Å². The molecule has 5 nitrogen and oxygen atoms in total. The van der Waals surface area contributed by atoms with E-state index < -0.39 is 0 Å². The second kappa shape index (κ2) is 5.90. The maximum absolute atomic E-state index is 10.9. The third kappa shape index (κ3) is 3.89. The molecule has 0 atom stereocenters. The predicted octanol–water partition coefficient (Wildman–Crippen LogP) is 2.67. The first-order chi connectivity index (χ1) is 7.26. The fourth-order valence-corrected chi connectivity index (χ4v) is 1.07. The van der Waals surface area contributed by atoms with E-state index in [1.165, 1.54) is 0 Å². The van der Waals surface area contributed by atoms with Crippen LogP contribution in [0.15, 0.2) is 29.4 Å². The first-order valence-corrected chi connectivity index (χ1v) is 4.75. The van der Waals surface area contributed by atoms with Gasteiger partial charge in [-0.25, -0.2) is 0 Å². The van der Waals surface area contributed by atoms with Crippen LogP contribution in [-0.2, 0) is 11.3 Å². The Balaban J connectivity index is 2.63. The van der Waals surface area contributed by atoms with Crippen molar-refractivity contribution in [1.29, 1.82) is 0 Å². The number of carbonyl (C=O) groups excluding carboxylic acids is 1. The van der Waals surface area contributed by atoms with E-state index >= 15 is 0 Å². The predicted molar refractivity (Wildman–Crippen MR) is 58.6 cm³/mol. The Kier molecular flexibility index (Phi) is 4.47. The minimum Gasteiger partial charge on any atom is -0.325 e. The zero-order valence-electron chi connectivity index (χ0n) is 7.85. The monoisotopic (exact) mass is 224 g/mol. The lowest BCUT2D eigenvalue weighted by molar-refractivity contribution is -0.113. The molecule has 78 valence electrons. The van der Waals surface area contributed by atoms with Crippen LogP contribution in [0.25, 0.3) is 10.4 Å². The standard InChI is InChI=1S/C9H9ClN4O/c10-5-9(15)13-8-3-1-7(2-4-8)6-12-14-11/h1-4H,5-6H2,(H,13,15). The molecular formula is C9H9ClN4O. The molecule has 0 saturated carbocycles. The highest BCUT2D eigenvalue weighted by Gasteiger charge is 1.99. The number of alkyl halides is 1. The van der Waals surface area contributed by atoms with E-state index in [4.69, 9.17) is 17.1 Å². The number of benzene rings is 1. The van der Waals surface area contributed by atoms with Gasteiger partial charge in [-0.05, 0) is 23.2 Å². The summed E-state index contributed by atoms with van der Waals surface area (Å²) in [6.45, 7) is 0.306. The van der Waals surface area contributed by atoms with Gasteiger partial charge in [0.15, 0.2) is 0 Å². The largest absolute Gasteiger partial charge is 0.325 e. The van der Waals surface area contributed by atoms with E-state index in [1.807, 2.05) is 0 Å². The first-order valence-electron chi connectivity index (χ1n) is 4.22. The van der Waals surface area contributed by atoms with Gasteiger partial charge in [0.2, 0.25) is 5.91 Å². The molecule has 0 radical (unpaired) electrons. The molecule has 0 heterocycles. The molecule has 6 heteroatoms. The van der Waals surface area contributed by atoms with Crippen LogP contribution in [0.3, 0.4) is 0 Å². The number of halogens is 1. The number of amides is 1. The zero-order chi connectivity index (χ0) is 11.1. The Morgan fingerprint density at radius 2 is 2.13 bits per heavy atom. The number of hydrogen-bond donors (Lipinski definition) is 1. The summed E-state index contributed by atoms with van der Waals surface area (Å²) in [4.78, 5) is 13.6. The first kappa shape index (κ1) is 11.4. The molecule has 0 aromatic heterocycles. The molecule has 1 amide bonds. The molecule has 0 fully saturated rings. The summed E-state index contributed by atoms with van der Waals surface area (Å²) in [6, 6.07) is 7.01. The highest BCUT2D eigenvalue weighted by atomic mass is 35.5. The number of rotatable bonds is 4. The topological polar surface area (TPSA) is 77.9 Å². The van der Waals surface area contributed by atoms with Crippen LogP contribution >= 0.6 is 11.6 Å². The number of hydrogen-bond acceptors (Lipinski definition) is 2. The van der Waals surface area contributed by atoms with E-state index in [2.05, 4.69) is 15.3 Å². The van der Waals surface area contributed by atoms with E-state index in [0.29, 0.717) is 12.2 Å². The maximum atomic E-state index is 10.9. The Labute approximate surface area is 91.7 Å². The molecule has 0 saturated heterocycles. The second-order valence-corrected chi connectivity index (χ2v) is 3.03. The summed E-state index contributed by atoms with van der Waals surface area (Å²) in [5.41, 5.74) is 9.68. The van der Waals surface area contributed by atoms with Gasteiger partial charge in [-0.15, -0.1) is 11.6 Å². The molecule has 1 aromatic rings. The number of carbonyl (C=O) groups is 1. The average molecular weight is 225 g/mol. The van der Waals surface area contributed by atoms with Crippen LogP contribution in [0.4, 0.5) is 5.69 Å². The van der Waals surface area contributed by atoms with E-state index in [-0.39, 0.29) is 11.8 Å². The Morgan fingerprint density at radius 1 is 1.47 bits per heavy atom. The van der Waals surface area contributed by atoms with Gasteiger partial charge in [0.25, 0.3) is 0 Å². The molecule has 1 rings (SSSR count). The van der Waals surface area contributed by atoms with Gasteiger partial charge in [-0.1, -0.05) is 17.2 Å². The van der Waals surface area contributed by atoms with Crippen LogP contribution in [0.5, 0.6) is 0 Å². The van der Waals surface area contributed by atoms with Gasteiger partial charge in [0.1, 0.15) is 5.88 Å². The van der Waals surface area contributed by atoms with Crippen molar-refractivity contribution in [3.8, 4) is 0 Å². The lowest BCUT2D eigenvalue weighted by atomic mass is 10.2. The van der Waals surface area contributed by atoms with Gasteiger partial charge in [-0.3, -0.25) is 4.79 Å². The quantitative estimate of drug-likeness (QED) is 0.363. The molecule has 1 aromatic carbocycles. The fraction of sp³-hybridized carbons (Fsp3) is 0.222. The molecule has 15 heavy (non-hydrogen) atoms. The van der Waals surface area contributed by atoms with Gasteiger partial charge in [-0.2, -0.15) is 0 Å². The summed E-state index contributed by atoms with van der Waals surface area (Å²) >= 11 is 5.33. The van der Waals surface area contributed by atoms with Gasteiger partial charge in [0.05, 0.1) is 6.54 Å². The van der Waals surface area contributed by atoms with Crippen LogP contribution in [-0.4, -0.2) is 11.8 Å². The van der Waals surface area contributed by atoms with Crippen LogP contribution in [0.2, 0.25) is 0 Å². The molecule has 0 bridgehead atoms. The third-order valence-corrected chi connectivity index (χ3v) is 1.92. The number of anilines is 1. The minimum atomic E-state index is -0.250. The summed E-state index contributed by atoms with van der Waals surface area (Å²) in [7, 11) is 0. The molecule has 0 spiro atoms. The molecule has 0 unspecified atom stereocenters. The number of nitrogens with zero attached hydrogens (tertiary/aromatic N) is 3. The average Bonchev–Trinajstić information content (AvgIpc) is 2.28. The summed E-state index contributed by atoms with van der Waals surface area (Å²) in [5, 5.41) is 6.02. The van der Waals surface area contributed by atoms with Crippen molar-refractivity contribution in [2.24, 2.45) is 5.11 Å². The van der Waals surface area contributed by atoms with Crippen LogP contribution in [0.1, 0.15) is 5.56 Å². The van der Waals surface area contributed by atoms with Crippen LogP contribution < -0.4 is 5.32 Å². The maximum Gasteiger partial charge on any atom is 0.239 e. The molecule has 0 aliphatic carbocycles. The number of azide groups is 1. The Hall–Kier alpha value is -1.71. The zero-order valence-corrected chi connectivity index (χ0v) is 8.61. The van der Waals surface area contributed by atoms with Gasteiger partial charge >= 0.3 is 0 Å². The lowest BCUT2D eigenvalue weighted by Crippen LogP contribution is -2.12. The lowest BCUT2D eigenvalue weighted by Gasteiger charge is -2.03. The second-order valence-electron chi connectivity index (χ2n) is 2.77. The van der Waals surface area contributed by atoms with Crippen molar-refractivity contribution in [3.63, 3.8) is 0 Å². The van der Waals surface area contributed by atoms with Gasteiger partial charge < -0.3 is 5.32 Å². The molecular weight excluding hydrogens is 216 g/mol. The fourth-order valence-electron chi connectivity index (χ4n) is 1.00. The molecule has 1 N–H and O–H groups in total. The van der Waals surface area contributed by atoms with Crippen molar-refractivity contribution < 1.29 is 4.79 Å². The van der Waals surface area contributed by atoms with E-state index in [1.54, 1.807) is 24.3 Å². The Bertz CT molecular complexity index is 384. The van der Waals surface area contributed by atoms with Crippen molar-refractivity contribution >= 4 is 23.2 Å². The molecule has 0 aliphatic rings. The van der Waals surface area contributed by atoms with Crippen molar-refractivity contribution in [2.45, 2.75) is 6.54 Å². The SMILES string of the molecule is [N-]=[N+]=NCc1ccc(NC(=O)CCl)cc1. The minimum absolute atomic E-state index is 0.0690. The van der Waals surface area contributed by atoms with Crippen molar-refractivity contribution in [3.05, 3.63) is 40.3 Å². The van der Waals surface area contributed by atoms with Crippen LogP contribution in [0, 0.1) is 0 Å². The van der Waals surface area contributed by atoms with Crippen molar-refractivity contribution in [1.82, 2.24) is 0 Å². The Morgan fingerprint density at radius 3 is 2.67 bits per heavy atom. The molecule has 0 aliphatic heterocycles.